The third-order valence-electron chi connectivity index (χ3n) is 3.43. The molecule has 0 radical (unpaired) electrons. The zero-order valence-electron chi connectivity index (χ0n) is 13.9. The van der Waals surface area contributed by atoms with Gasteiger partial charge in [0, 0.05) is 12.1 Å². The molecule has 1 amide bonds. The largest absolute Gasteiger partial charge is 0.479 e. The number of hydrogen-bond acceptors (Lipinski definition) is 4. The maximum Gasteiger partial charge on any atom is 0.347 e. The highest BCUT2D eigenvalue weighted by Crippen LogP contribution is 2.13. The second-order valence-electron chi connectivity index (χ2n) is 5.30. The summed E-state index contributed by atoms with van der Waals surface area (Å²) in [5.74, 6) is -0.976. The van der Waals surface area contributed by atoms with Gasteiger partial charge in [0.05, 0.1) is 0 Å². The summed E-state index contributed by atoms with van der Waals surface area (Å²) in [5, 5.41) is 2.50. The Kier molecular flexibility index (Phi) is 6.95. The average Bonchev–Trinajstić information content (AvgIpc) is 2.64. The van der Waals surface area contributed by atoms with Crippen LogP contribution in [0.15, 0.2) is 54.6 Å². The van der Waals surface area contributed by atoms with E-state index in [1.807, 2.05) is 6.07 Å². The molecule has 0 saturated heterocycles. The van der Waals surface area contributed by atoms with Crippen LogP contribution >= 0.6 is 0 Å². The van der Waals surface area contributed by atoms with Gasteiger partial charge in [-0.2, -0.15) is 0 Å². The number of ether oxygens (including phenoxy) is 2. The fourth-order valence-electron chi connectivity index (χ4n) is 2.08. The Morgan fingerprint density at radius 1 is 1.08 bits per heavy atom. The normalized spacial score (nSPS) is 11.4. The third kappa shape index (κ3) is 5.91. The molecule has 0 heterocycles. The van der Waals surface area contributed by atoms with Crippen LogP contribution in [-0.2, 0) is 20.9 Å². The van der Waals surface area contributed by atoms with Gasteiger partial charge < -0.3 is 14.8 Å². The molecule has 0 aliphatic carbocycles. The van der Waals surface area contributed by atoms with Crippen LogP contribution in [0.25, 0.3) is 0 Å². The SMILES string of the molecule is CC[C@@H](Oc1ccccc1)C(=O)OCC(=O)NCc1ccccc1F. The molecule has 0 unspecified atom stereocenters. The Bertz CT molecular complexity index is 706. The molecule has 0 aliphatic rings. The van der Waals surface area contributed by atoms with E-state index in [9.17, 15) is 14.0 Å². The Morgan fingerprint density at radius 3 is 2.44 bits per heavy atom. The monoisotopic (exact) mass is 345 g/mol. The van der Waals surface area contributed by atoms with Gasteiger partial charge >= 0.3 is 5.97 Å². The summed E-state index contributed by atoms with van der Waals surface area (Å²) in [6.45, 7) is 1.37. The van der Waals surface area contributed by atoms with Crippen LogP contribution in [0.3, 0.4) is 0 Å². The second-order valence-corrected chi connectivity index (χ2v) is 5.30. The van der Waals surface area contributed by atoms with Gasteiger partial charge in [-0.05, 0) is 24.6 Å². The van der Waals surface area contributed by atoms with E-state index in [2.05, 4.69) is 5.32 Å². The molecular weight excluding hydrogens is 325 g/mol. The quantitative estimate of drug-likeness (QED) is 0.747. The molecule has 1 atom stereocenters. The van der Waals surface area contributed by atoms with Crippen LogP contribution in [0.4, 0.5) is 4.39 Å². The minimum atomic E-state index is -0.790. The van der Waals surface area contributed by atoms with E-state index in [-0.39, 0.29) is 6.54 Å². The number of nitrogens with one attached hydrogen (secondary N) is 1. The van der Waals surface area contributed by atoms with Gasteiger partial charge in [0.1, 0.15) is 11.6 Å². The van der Waals surface area contributed by atoms with Gasteiger partial charge in [0.25, 0.3) is 5.91 Å². The molecule has 2 rings (SSSR count). The Hall–Kier alpha value is -2.89. The molecular formula is C19H20FNO4. The Balaban J connectivity index is 1.77. The Labute approximate surface area is 145 Å². The number of carbonyl (C=O) groups is 2. The molecule has 2 aromatic rings. The number of halogens is 1. The van der Waals surface area contributed by atoms with E-state index in [1.54, 1.807) is 49.4 Å². The molecule has 2 aromatic carbocycles. The first kappa shape index (κ1) is 18.4. The molecule has 132 valence electrons. The number of carbonyl (C=O) groups excluding carboxylic acids is 2. The highest BCUT2D eigenvalue weighted by atomic mass is 19.1. The summed E-state index contributed by atoms with van der Waals surface area (Å²) >= 11 is 0. The molecule has 0 aromatic heterocycles. The van der Waals surface area contributed by atoms with E-state index in [0.29, 0.717) is 17.7 Å². The second kappa shape index (κ2) is 9.42. The van der Waals surface area contributed by atoms with Crippen LogP contribution in [0.1, 0.15) is 18.9 Å². The number of para-hydroxylation sites is 1. The van der Waals surface area contributed by atoms with Crippen molar-refractivity contribution >= 4 is 11.9 Å². The lowest BCUT2D eigenvalue weighted by Crippen LogP contribution is -2.33. The minimum Gasteiger partial charge on any atom is -0.479 e. The van der Waals surface area contributed by atoms with Crippen molar-refractivity contribution in [3.05, 3.63) is 66.0 Å². The number of esters is 1. The first-order valence-corrected chi connectivity index (χ1v) is 7.98. The molecule has 0 saturated carbocycles. The maximum atomic E-state index is 13.5. The predicted molar refractivity (Wildman–Crippen MR) is 90.4 cm³/mol. The van der Waals surface area contributed by atoms with Crippen molar-refractivity contribution in [3.63, 3.8) is 0 Å². The van der Waals surface area contributed by atoms with Crippen molar-refractivity contribution in [2.24, 2.45) is 0 Å². The molecule has 25 heavy (non-hydrogen) atoms. The van der Waals surface area contributed by atoms with Gasteiger partial charge in [-0.1, -0.05) is 43.3 Å². The fraction of sp³-hybridized carbons (Fsp3) is 0.263. The summed E-state index contributed by atoms with van der Waals surface area (Å²) in [4.78, 5) is 23.8. The van der Waals surface area contributed by atoms with E-state index in [0.717, 1.165) is 0 Å². The predicted octanol–water partition coefficient (Wildman–Crippen LogP) is 2.84. The van der Waals surface area contributed by atoms with Crippen LogP contribution in [0.5, 0.6) is 5.75 Å². The van der Waals surface area contributed by atoms with Crippen molar-refractivity contribution in [1.82, 2.24) is 5.32 Å². The summed E-state index contributed by atoms with van der Waals surface area (Å²) in [5.41, 5.74) is 0.362. The van der Waals surface area contributed by atoms with E-state index >= 15 is 0 Å². The van der Waals surface area contributed by atoms with Crippen molar-refractivity contribution in [1.29, 1.82) is 0 Å². The Morgan fingerprint density at radius 2 is 1.76 bits per heavy atom. The van der Waals surface area contributed by atoms with Gasteiger partial charge in [-0.3, -0.25) is 4.79 Å². The molecule has 0 bridgehead atoms. The summed E-state index contributed by atoms with van der Waals surface area (Å²) in [7, 11) is 0. The first-order valence-electron chi connectivity index (χ1n) is 7.98. The average molecular weight is 345 g/mol. The summed E-state index contributed by atoms with van der Waals surface area (Å²) in [6.07, 6.45) is -0.383. The van der Waals surface area contributed by atoms with E-state index < -0.39 is 30.4 Å². The molecule has 1 N–H and O–H groups in total. The minimum absolute atomic E-state index is 0.0286. The molecule has 5 nitrogen and oxygen atoms in total. The summed E-state index contributed by atoms with van der Waals surface area (Å²) < 4.78 is 24.0. The number of benzene rings is 2. The first-order chi connectivity index (χ1) is 12.1. The third-order valence-corrected chi connectivity index (χ3v) is 3.43. The molecule has 6 heteroatoms. The lowest BCUT2D eigenvalue weighted by atomic mass is 10.2. The van der Waals surface area contributed by atoms with Crippen molar-refractivity contribution in [2.75, 3.05) is 6.61 Å². The molecule has 0 fully saturated rings. The highest BCUT2D eigenvalue weighted by molar-refractivity contribution is 5.82. The van der Waals surface area contributed by atoms with Crippen molar-refractivity contribution in [3.8, 4) is 5.75 Å². The van der Waals surface area contributed by atoms with Crippen molar-refractivity contribution in [2.45, 2.75) is 26.0 Å². The van der Waals surface area contributed by atoms with Crippen LogP contribution in [-0.4, -0.2) is 24.6 Å². The summed E-state index contributed by atoms with van der Waals surface area (Å²) in [6, 6.07) is 15.0. The van der Waals surface area contributed by atoms with Gasteiger partial charge in [0.2, 0.25) is 0 Å². The van der Waals surface area contributed by atoms with Gasteiger partial charge in [-0.15, -0.1) is 0 Å². The van der Waals surface area contributed by atoms with Crippen LogP contribution in [0, 0.1) is 5.82 Å². The van der Waals surface area contributed by atoms with Crippen LogP contribution < -0.4 is 10.1 Å². The fourth-order valence-corrected chi connectivity index (χ4v) is 2.08. The van der Waals surface area contributed by atoms with Gasteiger partial charge in [0.15, 0.2) is 12.7 Å². The maximum absolute atomic E-state index is 13.5. The number of rotatable bonds is 8. The van der Waals surface area contributed by atoms with Crippen LogP contribution in [0.2, 0.25) is 0 Å². The molecule has 0 spiro atoms. The van der Waals surface area contributed by atoms with Gasteiger partial charge in [-0.25, -0.2) is 9.18 Å². The topological polar surface area (TPSA) is 64.6 Å². The van der Waals surface area contributed by atoms with Crippen molar-refractivity contribution < 1.29 is 23.5 Å². The van der Waals surface area contributed by atoms with E-state index in [4.69, 9.17) is 9.47 Å². The number of hydrogen-bond donors (Lipinski definition) is 1. The zero-order valence-corrected chi connectivity index (χ0v) is 13.9. The van der Waals surface area contributed by atoms with E-state index in [1.165, 1.54) is 6.07 Å². The zero-order chi connectivity index (χ0) is 18.1. The lowest BCUT2D eigenvalue weighted by Gasteiger charge is -2.16. The molecule has 0 aliphatic heterocycles. The lowest BCUT2D eigenvalue weighted by molar-refractivity contribution is -0.155. The number of amides is 1. The highest BCUT2D eigenvalue weighted by Gasteiger charge is 2.21. The standard InChI is InChI=1S/C19H20FNO4/c1-2-17(25-15-9-4-3-5-10-15)19(23)24-13-18(22)21-12-14-8-6-7-11-16(14)20/h3-11,17H,2,12-13H2,1H3,(H,21,22)/t17-/m1/s1. The smallest absolute Gasteiger partial charge is 0.347 e.